The Bertz CT molecular complexity index is 1080. The van der Waals surface area contributed by atoms with E-state index in [0.717, 1.165) is 6.07 Å². The van der Waals surface area contributed by atoms with Crippen molar-refractivity contribution in [3.63, 3.8) is 0 Å². The normalized spacial score (nSPS) is 11.6. The maximum atomic E-state index is 13.2. The molecule has 0 spiro atoms. The fourth-order valence-electron chi connectivity index (χ4n) is 2.71. The van der Waals surface area contributed by atoms with E-state index in [1.54, 1.807) is 24.3 Å². The first-order chi connectivity index (χ1) is 15.0. The van der Waals surface area contributed by atoms with E-state index in [9.17, 15) is 18.0 Å². The van der Waals surface area contributed by atoms with Crippen molar-refractivity contribution in [1.29, 1.82) is 0 Å². The minimum absolute atomic E-state index is 0.106. The van der Waals surface area contributed by atoms with Gasteiger partial charge in [0.1, 0.15) is 22.8 Å². The predicted molar refractivity (Wildman–Crippen MR) is 115 cm³/mol. The van der Waals surface area contributed by atoms with Crippen molar-refractivity contribution in [3.8, 4) is 17.4 Å². The first-order valence-corrected chi connectivity index (χ1v) is 9.67. The summed E-state index contributed by atoms with van der Waals surface area (Å²) < 4.78 is 50.8. The smallest absolute Gasteiger partial charge is 0.419 e. The lowest BCUT2D eigenvalue weighted by molar-refractivity contribution is -0.138. The Morgan fingerprint density at radius 2 is 1.59 bits per heavy atom. The van der Waals surface area contributed by atoms with E-state index in [2.05, 4.69) is 15.6 Å². The van der Waals surface area contributed by atoms with Crippen LogP contribution in [0.25, 0.3) is 0 Å². The number of para-hydroxylation sites is 1. The first-order valence-electron chi connectivity index (χ1n) is 9.67. The number of carbonyl (C=O) groups excluding carboxylic acids is 1. The molecular weight excluding hydrogens is 423 g/mol. The molecule has 0 aliphatic rings. The van der Waals surface area contributed by atoms with Gasteiger partial charge in [0, 0.05) is 11.9 Å². The zero-order valence-corrected chi connectivity index (χ0v) is 17.7. The summed E-state index contributed by atoms with van der Waals surface area (Å²) in [4.78, 5) is 16.4. The number of amides is 2. The van der Waals surface area contributed by atoms with Gasteiger partial charge in [0.25, 0.3) is 0 Å². The van der Waals surface area contributed by atoms with E-state index < -0.39 is 23.5 Å². The van der Waals surface area contributed by atoms with Gasteiger partial charge in [-0.25, -0.2) is 9.78 Å². The van der Waals surface area contributed by atoms with Crippen molar-refractivity contribution >= 4 is 17.4 Å². The van der Waals surface area contributed by atoms with Gasteiger partial charge < -0.3 is 20.1 Å². The van der Waals surface area contributed by atoms with Gasteiger partial charge in [0.2, 0.25) is 5.88 Å². The third-order valence-electron chi connectivity index (χ3n) is 3.95. The average molecular weight is 445 g/mol. The molecule has 1 aromatic heterocycles. The molecule has 2 aromatic carbocycles. The molecule has 0 saturated heterocycles. The summed E-state index contributed by atoms with van der Waals surface area (Å²) in [6, 6.07) is 13.9. The SMILES string of the molecule is CC(C)(C)Oc1ccc(NC(=O)Nc2cccnc2Oc2ccccc2C(F)(F)F)cc1. The Morgan fingerprint density at radius 1 is 0.906 bits per heavy atom. The van der Waals surface area contributed by atoms with E-state index in [0.29, 0.717) is 11.4 Å². The number of carbonyl (C=O) groups is 1. The number of anilines is 2. The molecule has 168 valence electrons. The molecule has 6 nitrogen and oxygen atoms in total. The van der Waals surface area contributed by atoms with Crippen LogP contribution in [-0.4, -0.2) is 16.6 Å². The molecule has 9 heteroatoms. The Balaban J connectivity index is 1.71. The van der Waals surface area contributed by atoms with Gasteiger partial charge >= 0.3 is 12.2 Å². The number of pyridine rings is 1. The van der Waals surface area contributed by atoms with Crippen LogP contribution in [0.3, 0.4) is 0 Å². The quantitative estimate of drug-likeness (QED) is 0.458. The molecule has 0 atom stereocenters. The van der Waals surface area contributed by atoms with Crippen LogP contribution in [0.5, 0.6) is 17.4 Å². The maximum Gasteiger partial charge on any atom is 0.419 e. The Kier molecular flexibility index (Phi) is 6.57. The molecule has 3 rings (SSSR count). The molecule has 0 saturated carbocycles. The van der Waals surface area contributed by atoms with Crippen LogP contribution in [0.2, 0.25) is 0 Å². The van der Waals surface area contributed by atoms with Gasteiger partial charge in [-0.15, -0.1) is 0 Å². The number of ether oxygens (including phenoxy) is 2. The lowest BCUT2D eigenvalue weighted by Crippen LogP contribution is -2.23. The minimum atomic E-state index is -4.60. The number of nitrogens with one attached hydrogen (secondary N) is 2. The molecule has 0 aliphatic carbocycles. The van der Waals surface area contributed by atoms with E-state index >= 15 is 0 Å². The van der Waals surface area contributed by atoms with Gasteiger partial charge in [-0.1, -0.05) is 12.1 Å². The van der Waals surface area contributed by atoms with Gasteiger partial charge in [0.15, 0.2) is 0 Å². The van der Waals surface area contributed by atoms with Crippen LogP contribution in [0.4, 0.5) is 29.3 Å². The minimum Gasteiger partial charge on any atom is -0.488 e. The number of nitrogens with zero attached hydrogens (tertiary/aromatic N) is 1. The van der Waals surface area contributed by atoms with Crippen LogP contribution < -0.4 is 20.1 Å². The molecule has 2 amide bonds. The number of aromatic nitrogens is 1. The second kappa shape index (κ2) is 9.17. The van der Waals surface area contributed by atoms with Crippen molar-refractivity contribution in [1.82, 2.24) is 4.98 Å². The molecule has 2 N–H and O–H groups in total. The average Bonchev–Trinajstić information content (AvgIpc) is 2.69. The standard InChI is InChI=1S/C23H22F3N3O3/c1-22(2,3)32-16-12-10-15(11-13-16)28-21(30)29-18-8-6-14-27-20(18)31-19-9-5-4-7-17(19)23(24,25)26/h4-14H,1-3H3,(H2,28,29,30). The molecule has 0 fully saturated rings. The summed E-state index contributed by atoms with van der Waals surface area (Å²) >= 11 is 0. The highest BCUT2D eigenvalue weighted by Gasteiger charge is 2.34. The Labute approximate surface area is 183 Å². The number of urea groups is 1. The highest BCUT2D eigenvalue weighted by Crippen LogP contribution is 2.38. The van der Waals surface area contributed by atoms with Gasteiger partial charge in [-0.05, 0) is 69.3 Å². The zero-order chi connectivity index (χ0) is 23.4. The number of alkyl halides is 3. The molecule has 0 unspecified atom stereocenters. The monoisotopic (exact) mass is 445 g/mol. The summed E-state index contributed by atoms with van der Waals surface area (Å²) in [6.45, 7) is 5.77. The summed E-state index contributed by atoms with van der Waals surface area (Å²) in [5, 5.41) is 5.18. The number of hydrogen-bond donors (Lipinski definition) is 2. The Morgan fingerprint density at radius 3 is 2.25 bits per heavy atom. The fraction of sp³-hybridized carbons (Fsp3) is 0.217. The zero-order valence-electron chi connectivity index (χ0n) is 17.7. The van der Waals surface area contributed by atoms with Crippen molar-refractivity contribution in [3.05, 3.63) is 72.4 Å². The van der Waals surface area contributed by atoms with E-state index in [1.165, 1.54) is 36.5 Å². The maximum absolute atomic E-state index is 13.2. The van der Waals surface area contributed by atoms with Crippen molar-refractivity contribution in [2.75, 3.05) is 10.6 Å². The van der Waals surface area contributed by atoms with Crippen LogP contribution in [-0.2, 0) is 6.18 Å². The number of halogens is 3. The van der Waals surface area contributed by atoms with E-state index in [-0.39, 0.29) is 17.2 Å². The topological polar surface area (TPSA) is 72.5 Å². The second-order valence-corrected chi connectivity index (χ2v) is 7.77. The molecule has 0 radical (unpaired) electrons. The molecule has 1 heterocycles. The number of benzene rings is 2. The molecule has 0 bridgehead atoms. The summed E-state index contributed by atoms with van der Waals surface area (Å²) in [5.41, 5.74) is -0.695. The largest absolute Gasteiger partial charge is 0.488 e. The molecule has 32 heavy (non-hydrogen) atoms. The third kappa shape index (κ3) is 6.37. The molecule has 0 aliphatic heterocycles. The lowest BCUT2D eigenvalue weighted by Gasteiger charge is -2.21. The van der Waals surface area contributed by atoms with Crippen LogP contribution in [0.15, 0.2) is 66.9 Å². The summed E-state index contributed by atoms with van der Waals surface area (Å²) in [5.74, 6) is 0.0552. The molecular formula is C23H22F3N3O3. The highest BCUT2D eigenvalue weighted by molar-refractivity contribution is 6.00. The fourth-order valence-corrected chi connectivity index (χ4v) is 2.71. The van der Waals surface area contributed by atoms with Crippen LogP contribution >= 0.6 is 0 Å². The lowest BCUT2D eigenvalue weighted by atomic mass is 10.2. The van der Waals surface area contributed by atoms with Gasteiger partial charge in [-0.3, -0.25) is 0 Å². The highest BCUT2D eigenvalue weighted by atomic mass is 19.4. The Hall–Kier alpha value is -3.75. The van der Waals surface area contributed by atoms with E-state index in [4.69, 9.17) is 9.47 Å². The second-order valence-electron chi connectivity index (χ2n) is 7.77. The van der Waals surface area contributed by atoms with E-state index in [1.807, 2.05) is 20.8 Å². The van der Waals surface area contributed by atoms with Crippen molar-refractivity contribution < 1.29 is 27.4 Å². The first kappa shape index (κ1) is 22.9. The van der Waals surface area contributed by atoms with Gasteiger partial charge in [0.05, 0.1) is 5.56 Å². The van der Waals surface area contributed by atoms with Crippen molar-refractivity contribution in [2.45, 2.75) is 32.5 Å². The van der Waals surface area contributed by atoms with Crippen LogP contribution in [0.1, 0.15) is 26.3 Å². The number of hydrogen-bond acceptors (Lipinski definition) is 4. The van der Waals surface area contributed by atoms with Gasteiger partial charge in [-0.2, -0.15) is 13.2 Å². The third-order valence-corrected chi connectivity index (χ3v) is 3.95. The number of rotatable bonds is 5. The van der Waals surface area contributed by atoms with Crippen molar-refractivity contribution in [2.24, 2.45) is 0 Å². The summed E-state index contributed by atoms with van der Waals surface area (Å²) in [6.07, 6.45) is -3.25. The van der Waals surface area contributed by atoms with Crippen LogP contribution in [0, 0.1) is 0 Å². The predicted octanol–water partition coefficient (Wildman–Crippen LogP) is 6.71. The summed E-state index contributed by atoms with van der Waals surface area (Å²) in [7, 11) is 0. The molecule has 3 aromatic rings.